The Hall–Kier alpha value is -4.37. The monoisotopic (exact) mass is 458 g/mol. The zero-order valence-electron chi connectivity index (χ0n) is 19.5. The lowest BCUT2D eigenvalue weighted by Gasteiger charge is -2.19. The molecule has 3 heteroatoms. The first-order chi connectivity index (χ1) is 17.2. The number of methoxy groups -OCH3 is 2. The molecule has 0 N–H and O–H groups in total. The van der Waals surface area contributed by atoms with Crippen molar-refractivity contribution in [3.8, 4) is 33.8 Å². The fraction of sp³-hybridized carbons (Fsp3) is 0.0625. The number of rotatable bonds is 4. The van der Waals surface area contributed by atoms with Gasteiger partial charge in [-0.3, -0.25) is 0 Å². The fourth-order valence-corrected chi connectivity index (χ4v) is 5.04. The second-order valence-electron chi connectivity index (χ2n) is 8.61. The summed E-state index contributed by atoms with van der Waals surface area (Å²) < 4.78 is 26.3. The van der Waals surface area contributed by atoms with Crippen molar-refractivity contribution in [1.29, 1.82) is 0 Å². The van der Waals surface area contributed by atoms with E-state index in [1.54, 1.807) is 20.3 Å². The summed E-state index contributed by atoms with van der Waals surface area (Å²) in [4.78, 5) is 0. The second-order valence-corrected chi connectivity index (χ2v) is 8.61. The summed E-state index contributed by atoms with van der Waals surface area (Å²) in [7, 11) is 3.33. The van der Waals surface area contributed by atoms with Gasteiger partial charge in [-0.15, -0.1) is 0 Å². The van der Waals surface area contributed by atoms with E-state index in [-0.39, 0.29) is 5.82 Å². The van der Waals surface area contributed by atoms with Gasteiger partial charge in [0.1, 0.15) is 17.3 Å². The Kier molecular flexibility index (Phi) is 5.11. The molecule has 6 aromatic rings. The van der Waals surface area contributed by atoms with Crippen molar-refractivity contribution in [3.63, 3.8) is 0 Å². The van der Waals surface area contributed by atoms with Crippen LogP contribution in [0.15, 0.2) is 103 Å². The molecule has 0 spiro atoms. The van der Waals surface area contributed by atoms with Crippen molar-refractivity contribution in [2.45, 2.75) is 0 Å². The summed E-state index contributed by atoms with van der Waals surface area (Å²) in [5.41, 5.74) is 3.62. The molecule has 2 nitrogen and oxygen atoms in total. The standard InChI is InChI=1S/C32H23FO2/c1-34-23-13-11-20(12-14-23)31-27-17-21-7-3-4-8-22(21)18-28(27)32(26-9-5-6-10-30(26)33)25-16-15-24(35-2)19-29(25)31/h3-19H,1-2H3. The first-order valence-electron chi connectivity index (χ1n) is 11.5. The lowest BCUT2D eigenvalue weighted by atomic mass is 9.84. The van der Waals surface area contributed by atoms with Gasteiger partial charge in [0.05, 0.1) is 14.2 Å². The van der Waals surface area contributed by atoms with Crippen LogP contribution in [-0.4, -0.2) is 14.2 Å². The van der Waals surface area contributed by atoms with E-state index in [9.17, 15) is 0 Å². The summed E-state index contributed by atoms with van der Waals surface area (Å²) >= 11 is 0. The summed E-state index contributed by atoms with van der Waals surface area (Å²) in [5, 5.41) is 6.31. The van der Waals surface area contributed by atoms with E-state index < -0.39 is 0 Å². The molecule has 0 atom stereocenters. The lowest BCUT2D eigenvalue weighted by Crippen LogP contribution is -1.94. The molecule has 0 aliphatic carbocycles. The maximum absolute atomic E-state index is 15.3. The quantitative estimate of drug-likeness (QED) is 0.246. The van der Waals surface area contributed by atoms with Gasteiger partial charge in [0.2, 0.25) is 0 Å². The molecule has 170 valence electrons. The first-order valence-corrected chi connectivity index (χ1v) is 11.5. The predicted molar refractivity (Wildman–Crippen MR) is 143 cm³/mol. The molecular formula is C32H23FO2. The average Bonchev–Trinajstić information content (AvgIpc) is 2.91. The van der Waals surface area contributed by atoms with Crippen LogP contribution in [0.25, 0.3) is 54.6 Å². The zero-order chi connectivity index (χ0) is 23.9. The molecule has 0 fully saturated rings. The maximum atomic E-state index is 15.3. The highest BCUT2D eigenvalue weighted by Crippen LogP contribution is 2.46. The fourth-order valence-electron chi connectivity index (χ4n) is 5.04. The molecule has 0 amide bonds. The number of hydrogen-bond donors (Lipinski definition) is 0. The Morgan fingerprint density at radius 2 is 1.09 bits per heavy atom. The van der Waals surface area contributed by atoms with Crippen molar-refractivity contribution in [2.75, 3.05) is 14.2 Å². The number of hydrogen-bond acceptors (Lipinski definition) is 2. The van der Waals surface area contributed by atoms with Crippen molar-refractivity contribution in [3.05, 3.63) is 109 Å². The molecule has 35 heavy (non-hydrogen) atoms. The number of halogens is 1. The molecule has 0 saturated carbocycles. The number of benzene rings is 6. The largest absolute Gasteiger partial charge is 0.497 e. The van der Waals surface area contributed by atoms with Gasteiger partial charge in [-0.2, -0.15) is 0 Å². The predicted octanol–water partition coefficient (Wildman–Crippen LogP) is 8.64. The maximum Gasteiger partial charge on any atom is 0.131 e. The summed E-state index contributed by atoms with van der Waals surface area (Å²) in [6.45, 7) is 0. The molecular weight excluding hydrogens is 435 g/mol. The minimum Gasteiger partial charge on any atom is -0.497 e. The van der Waals surface area contributed by atoms with Gasteiger partial charge in [-0.05, 0) is 85.9 Å². The van der Waals surface area contributed by atoms with Crippen LogP contribution in [-0.2, 0) is 0 Å². The molecule has 6 aromatic carbocycles. The number of fused-ring (bicyclic) bond motifs is 3. The van der Waals surface area contributed by atoms with Crippen LogP contribution in [0.5, 0.6) is 11.5 Å². The van der Waals surface area contributed by atoms with Crippen LogP contribution in [0.3, 0.4) is 0 Å². The molecule has 0 bridgehead atoms. The Morgan fingerprint density at radius 1 is 0.514 bits per heavy atom. The van der Waals surface area contributed by atoms with Gasteiger partial charge in [-0.25, -0.2) is 4.39 Å². The third-order valence-electron chi connectivity index (χ3n) is 6.71. The van der Waals surface area contributed by atoms with Gasteiger partial charge in [0, 0.05) is 11.1 Å². The van der Waals surface area contributed by atoms with Gasteiger partial charge >= 0.3 is 0 Å². The van der Waals surface area contributed by atoms with Crippen LogP contribution in [0, 0.1) is 5.82 Å². The highest BCUT2D eigenvalue weighted by molar-refractivity contribution is 6.23. The molecule has 0 aliphatic rings. The van der Waals surface area contributed by atoms with Crippen LogP contribution >= 0.6 is 0 Å². The van der Waals surface area contributed by atoms with E-state index >= 15 is 4.39 Å². The van der Waals surface area contributed by atoms with E-state index in [0.29, 0.717) is 5.56 Å². The SMILES string of the molecule is COc1ccc(-c2c3cc(OC)ccc3c(-c3ccccc3F)c3cc4ccccc4cc23)cc1. The number of ether oxygens (including phenoxy) is 2. The van der Waals surface area contributed by atoms with Crippen LogP contribution in [0.1, 0.15) is 0 Å². The molecule has 0 saturated heterocycles. The van der Waals surface area contributed by atoms with Crippen LogP contribution < -0.4 is 9.47 Å². The molecule has 6 rings (SSSR count). The highest BCUT2D eigenvalue weighted by Gasteiger charge is 2.20. The van der Waals surface area contributed by atoms with Gasteiger partial charge < -0.3 is 9.47 Å². The van der Waals surface area contributed by atoms with E-state index in [2.05, 4.69) is 36.4 Å². The summed E-state index contributed by atoms with van der Waals surface area (Å²) in [6.07, 6.45) is 0. The van der Waals surface area contributed by atoms with E-state index in [4.69, 9.17) is 9.47 Å². The van der Waals surface area contributed by atoms with Crippen LogP contribution in [0.2, 0.25) is 0 Å². The molecule has 0 radical (unpaired) electrons. The Balaban J connectivity index is 1.86. The Bertz CT molecular complexity index is 1720. The normalized spacial score (nSPS) is 11.3. The Labute approximate surface area is 203 Å². The van der Waals surface area contributed by atoms with Gasteiger partial charge in [-0.1, -0.05) is 60.7 Å². The lowest BCUT2D eigenvalue weighted by molar-refractivity contribution is 0.415. The third kappa shape index (κ3) is 3.48. The van der Waals surface area contributed by atoms with Crippen molar-refractivity contribution in [1.82, 2.24) is 0 Å². The zero-order valence-corrected chi connectivity index (χ0v) is 19.5. The minimum absolute atomic E-state index is 0.240. The van der Waals surface area contributed by atoms with Crippen molar-refractivity contribution >= 4 is 32.3 Å². The molecule has 0 unspecified atom stereocenters. The van der Waals surface area contributed by atoms with Crippen molar-refractivity contribution < 1.29 is 13.9 Å². The van der Waals surface area contributed by atoms with Crippen LogP contribution in [0.4, 0.5) is 4.39 Å². The van der Waals surface area contributed by atoms with Gasteiger partial charge in [0.15, 0.2) is 0 Å². The molecule has 0 heterocycles. The Morgan fingerprint density at radius 3 is 1.74 bits per heavy atom. The van der Waals surface area contributed by atoms with Crippen molar-refractivity contribution in [2.24, 2.45) is 0 Å². The highest BCUT2D eigenvalue weighted by atomic mass is 19.1. The van der Waals surface area contributed by atoms with E-state index in [0.717, 1.165) is 60.5 Å². The van der Waals surface area contributed by atoms with E-state index in [1.807, 2.05) is 54.6 Å². The average molecular weight is 459 g/mol. The summed E-state index contributed by atoms with van der Waals surface area (Å²) in [6, 6.07) is 33.8. The smallest absolute Gasteiger partial charge is 0.131 e. The first kappa shape index (κ1) is 21.2. The minimum atomic E-state index is -0.240. The molecule has 0 aliphatic heterocycles. The second kappa shape index (κ2) is 8.44. The topological polar surface area (TPSA) is 18.5 Å². The molecule has 0 aromatic heterocycles. The van der Waals surface area contributed by atoms with Gasteiger partial charge in [0.25, 0.3) is 0 Å². The van der Waals surface area contributed by atoms with E-state index in [1.165, 1.54) is 6.07 Å². The third-order valence-corrected chi connectivity index (χ3v) is 6.71. The summed E-state index contributed by atoms with van der Waals surface area (Å²) in [5.74, 6) is 1.32.